The summed E-state index contributed by atoms with van der Waals surface area (Å²) >= 11 is 0. The molecule has 0 radical (unpaired) electrons. The highest BCUT2D eigenvalue weighted by atomic mass is 16.4. The van der Waals surface area contributed by atoms with Crippen LogP contribution in [0.3, 0.4) is 0 Å². The molecule has 1 fully saturated rings. The highest BCUT2D eigenvalue weighted by Gasteiger charge is 2.30. The first-order valence-electron chi connectivity index (χ1n) is 6.11. The van der Waals surface area contributed by atoms with Crippen LogP contribution in [0.25, 0.3) is 0 Å². The van der Waals surface area contributed by atoms with Gasteiger partial charge in [-0.05, 0) is 26.3 Å². The van der Waals surface area contributed by atoms with Gasteiger partial charge in [0.25, 0.3) is 0 Å². The standard InChI is InChI=1S/C11H20N4O2/c1-3-12-7-9-13-14-10(17-9)15-6-4-5-11(2,16)8-15/h12,16H,3-8H2,1-2H3. The van der Waals surface area contributed by atoms with Crippen LogP contribution in [0.15, 0.2) is 4.42 Å². The minimum absolute atomic E-state index is 0.512. The minimum atomic E-state index is -0.658. The molecule has 0 amide bonds. The first-order chi connectivity index (χ1) is 8.11. The third-order valence-corrected chi connectivity index (χ3v) is 2.93. The molecule has 6 heteroatoms. The summed E-state index contributed by atoms with van der Waals surface area (Å²) in [6.45, 7) is 6.74. The number of aromatic nitrogens is 2. The molecule has 6 nitrogen and oxygen atoms in total. The van der Waals surface area contributed by atoms with Gasteiger partial charge in [-0.25, -0.2) is 0 Å². The Bertz CT molecular complexity index is 364. The Kier molecular flexibility index (Phi) is 3.63. The van der Waals surface area contributed by atoms with Crippen LogP contribution in [-0.4, -0.2) is 40.5 Å². The molecular formula is C11H20N4O2. The van der Waals surface area contributed by atoms with Gasteiger partial charge < -0.3 is 19.7 Å². The van der Waals surface area contributed by atoms with E-state index in [9.17, 15) is 5.11 Å². The zero-order valence-electron chi connectivity index (χ0n) is 10.4. The quantitative estimate of drug-likeness (QED) is 0.799. The number of hydrogen-bond donors (Lipinski definition) is 2. The highest BCUT2D eigenvalue weighted by molar-refractivity contribution is 5.26. The summed E-state index contributed by atoms with van der Waals surface area (Å²) in [6.07, 6.45) is 1.76. The maximum absolute atomic E-state index is 10.0. The van der Waals surface area contributed by atoms with Crippen molar-refractivity contribution >= 4 is 6.01 Å². The molecule has 2 N–H and O–H groups in total. The van der Waals surface area contributed by atoms with E-state index >= 15 is 0 Å². The van der Waals surface area contributed by atoms with E-state index in [-0.39, 0.29) is 0 Å². The average Bonchev–Trinajstić information content (AvgIpc) is 2.73. The predicted octanol–water partition coefficient (Wildman–Crippen LogP) is 0.530. The van der Waals surface area contributed by atoms with Crippen molar-refractivity contribution in [2.24, 2.45) is 0 Å². The van der Waals surface area contributed by atoms with E-state index < -0.39 is 5.60 Å². The number of anilines is 1. The summed E-state index contributed by atoms with van der Waals surface area (Å²) in [7, 11) is 0. The predicted molar refractivity (Wildman–Crippen MR) is 63.7 cm³/mol. The molecule has 0 aliphatic carbocycles. The molecule has 2 rings (SSSR count). The first-order valence-corrected chi connectivity index (χ1v) is 6.11. The molecule has 1 saturated heterocycles. The minimum Gasteiger partial charge on any atom is -0.407 e. The number of aliphatic hydroxyl groups is 1. The van der Waals surface area contributed by atoms with E-state index in [1.807, 2.05) is 18.7 Å². The number of nitrogens with zero attached hydrogens (tertiary/aromatic N) is 3. The number of piperidine rings is 1. The van der Waals surface area contributed by atoms with Gasteiger partial charge in [-0.3, -0.25) is 0 Å². The summed E-state index contributed by atoms with van der Waals surface area (Å²) in [5.41, 5.74) is -0.658. The smallest absolute Gasteiger partial charge is 0.318 e. The van der Waals surface area contributed by atoms with E-state index in [4.69, 9.17) is 4.42 Å². The number of rotatable bonds is 4. The molecule has 1 aromatic heterocycles. The Balaban J connectivity index is 1.99. The molecular weight excluding hydrogens is 220 g/mol. The molecule has 0 spiro atoms. The Morgan fingerprint density at radius 3 is 3.06 bits per heavy atom. The Labute approximate surface area is 101 Å². The fourth-order valence-corrected chi connectivity index (χ4v) is 2.06. The van der Waals surface area contributed by atoms with Crippen molar-refractivity contribution in [2.75, 3.05) is 24.5 Å². The van der Waals surface area contributed by atoms with Crippen LogP contribution in [0.1, 0.15) is 32.6 Å². The van der Waals surface area contributed by atoms with Crippen LogP contribution in [-0.2, 0) is 6.54 Å². The lowest BCUT2D eigenvalue weighted by atomic mass is 9.96. The summed E-state index contributed by atoms with van der Waals surface area (Å²) < 4.78 is 5.55. The molecule has 1 aliphatic heterocycles. The lowest BCUT2D eigenvalue weighted by molar-refractivity contribution is 0.0434. The monoisotopic (exact) mass is 240 g/mol. The molecule has 0 bridgehead atoms. The second-order valence-electron chi connectivity index (χ2n) is 4.78. The molecule has 1 aromatic rings. The second kappa shape index (κ2) is 5.01. The summed E-state index contributed by atoms with van der Waals surface area (Å²) in [5.74, 6) is 0.590. The Morgan fingerprint density at radius 2 is 2.35 bits per heavy atom. The van der Waals surface area contributed by atoms with Gasteiger partial charge in [-0.15, -0.1) is 5.10 Å². The third-order valence-electron chi connectivity index (χ3n) is 2.93. The van der Waals surface area contributed by atoms with Crippen molar-refractivity contribution in [3.8, 4) is 0 Å². The lowest BCUT2D eigenvalue weighted by Crippen LogP contribution is -2.46. The molecule has 0 aromatic carbocycles. The zero-order chi connectivity index (χ0) is 12.3. The van der Waals surface area contributed by atoms with Gasteiger partial charge >= 0.3 is 6.01 Å². The molecule has 0 saturated carbocycles. The van der Waals surface area contributed by atoms with Gasteiger partial charge in [0.1, 0.15) is 0 Å². The van der Waals surface area contributed by atoms with Crippen molar-refractivity contribution in [1.82, 2.24) is 15.5 Å². The van der Waals surface area contributed by atoms with Crippen LogP contribution in [0.2, 0.25) is 0 Å². The summed E-state index contributed by atoms with van der Waals surface area (Å²) in [4.78, 5) is 1.95. The molecule has 2 heterocycles. The Hall–Kier alpha value is -1.14. The molecule has 1 aliphatic rings. The van der Waals surface area contributed by atoms with E-state index in [1.54, 1.807) is 0 Å². The van der Waals surface area contributed by atoms with Gasteiger partial charge in [0, 0.05) is 6.54 Å². The number of hydrogen-bond acceptors (Lipinski definition) is 6. The van der Waals surface area contributed by atoms with Gasteiger partial charge in [-0.2, -0.15) is 0 Å². The van der Waals surface area contributed by atoms with Crippen molar-refractivity contribution < 1.29 is 9.52 Å². The van der Waals surface area contributed by atoms with Gasteiger partial charge in [0.15, 0.2) is 0 Å². The Morgan fingerprint density at radius 1 is 1.53 bits per heavy atom. The number of β-amino-alcohol motifs (C(OH)–C–C–N with tert-alkyl or cyclic N) is 1. The average molecular weight is 240 g/mol. The van der Waals surface area contributed by atoms with Crippen LogP contribution in [0.5, 0.6) is 0 Å². The van der Waals surface area contributed by atoms with Gasteiger partial charge in [0.2, 0.25) is 5.89 Å². The first kappa shape index (κ1) is 12.3. The van der Waals surface area contributed by atoms with Crippen LogP contribution in [0, 0.1) is 0 Å². The summed E-state index contributed by atoms with van der Waals surface area (Å²) in [5, 5.41) is 21.1. The van der Waals surface area contributed by atoms with Gasteiger partial charge in [-0.1, -0.05) is 12.0 Å². The van der Waals surface area contributed by atoms with Crippen LogP contribution in [0.4, 0.5) is 6.01 Å². The molecule has 17 heavy (non-hydrogen) atoms. The zero-order valence-corrected chi connectivity index (χ0v) is 10.4. The summed E-state index contributed by atoms with van der Waals surface area (Å²) in [6, 6.07) is 0.512. The van der Waals surface area contributed by atoms with Crippen molar-refractivity contribution in [2.45, 2.75) is 38.8 Å². The number of nitrogens with one attached hydrogen (secondary N) is 1. The fourth-order valence-electron chi connectivity index (χ4n) is 2.06. The van der Waals surface area contributed by atoms with Crippen molar-refractivity contribution in [3.05, 3.63) is 5.89 Å². The maximum atomic E-state index is 10.0. The largest absolute Gasteiger partial charge is 0.407 e. The fraction of sp³-hybridized carbons (Fsp3) is 0.818. The molecule has 1 unspecified atom stereocenters. The molecule has 96 valence electrons. The maximum Gasteiger partial charge on any atom is 0.318 e. The molecule has 1 atom stereocenters. The topological polar surface area (TPSA) is 74.4 Å². The van der Waals surface area contributed by atoms with E-state index in [0.29, 0.717) is 25.0 Å². The highest BCUT2D eigenvalue weighted by Crippen LogP contribution is 2.24. The normalized spacial score (nSPS) is 25.2. The second-order valence-corrected chi connectivity index (χ2v) is 4.78. The van der Waals surface area contributed by atoms with E-state index in [1.165, 1.54) is 0 Å². The van der Waals surface area contributed by atoms with Crippen LogP contribution >= 0.6 is 0 Å². The van der Waals surface area contributed by atoms with E-state index in [0.717, 1.165) is 25.9 Å². The SMILES string of the molecule is CCNCc1nnc(N2CCCC(C)(O)C2)o1. The third kappa shape index (κ3) is 3.17. The van der Waals surface area contributed by atoms with Gasteiger partial charge in [0.05, 0.1) is 18.7 Å². The van der Waals surface area contributed by atoms with Crippen LogP contribution < -0.4 is 10.2 Å². The van der Waals surface area contributed by atoms with Crippen molar-refractivity contribution in [1.29, 1.82) is 0 Å². The lowest BCUT2D eigenvalue weighted by Gasteiger charge is -2.35. The van der Waals surface area contributed by atoms with E-state index in [2.05, 4.69) is 15.5 Å². The van der Waals surface area contributed by atoms with Crippen molar-refractivity contribution in [3.63, 3.8) is 0 Å².